The van der Waals surface area contributed by atoms with Crippen molar-refractivity contribution in [2.75, 3.05) is 20.3 Å². The maximum Gasteiger partial charge on any atom is 0.309 e. The fourth-order valence-corrected chi connectivity index (χ4v) is 1.92. The van der Waals surface area contributed by atoms with E-state index in [1.54, 1.807) is 14.0 Å². The van der Waals surface area contributed by atoms with Gasteiger partial charge in [0.05, 0.1) is 19.6 Å². The third-order valence-corrected chi connectivity index (χ3v) is 3.09. The van der Waals surface area contributed by atoms with E-state index < -0.39 is 0 Å². The SMILES string of the molecule is CCOC(=O)C(C)CNCc1c(Cl)cccc1OC. The molecular formula is C14H20ClNO3. The summed E-state index contributed by atoms with van der Waals surface area (Å²) in [7, 11) is 1.61. The molecule has 0 bridgehead atoms. The number of rotatable bonds is 7. The number of benzene rings is 1. The van der Waals surface area contributed by atoms with E-state index in [1.807, 2.05) is 25.1 Å². The van der Waals surface area contributed by atoms with Crippen molar-refractivity contribution < 1.29 is 14.3 Å². The summed E-state index contributed by atoms with van der Waals surface area (Å²) in [6, 6.07) is 5.51. The maximum atomic E-state index is 11.5. The van der Waals surface area contributed by atoms with Gasteiger partial charge in [-0.25, -0.2) is 0 Å². The van der Waals surface area contributed by atoms with Crippen LogP contribution in [-0.2, 0) is 16.1 Å². The van der Waals surface area contributed by atoms with Gasteiger partial charge in [0.1, 0.15) is 5.75 Å². The van der Waals surface area contributed by atoms with E-state index >= 15 is 0 Å². The summed E-state index contributed by atoms with van der Waals surface area (Å²) in [5, 5.41) is 3.84. The van der Waals surface area contributed by atoms with Gasteiger partial charge in [0.25, 0.3) is 0 Å². The number of hydrogen-bond donors (Lipinski definition) is 1. The van der Waals surface area contributed by atoms with Crippen molar-refractivity contribution in [3.05, 3.63) is 28.8 Å². The van der Waals surface area contributed by atoms with Crippen LogP contribution in [0.3, 0.4) is 0 Å². The Hall–Kier alpha value is -1.26. The zero-order valence-electron chi connectivity index (χ0n) is 11.5. The minimum Gasteiger partial charge on any atom is -0.496 e. The molecule has 0 saturated carbocycles. The highest BCUT2D eigenvalue weighted by Gasteiger charge is 2.14. The number of methoxy groups -OCH3 is 1. The average Bonchev–Trinajstić information content (AvgIpc) is 2.40. The Kier molecular flexibility index (Phi) is 6.67. The normalized spacial score (nSPS) is 12.0. The van der Waals surface area contributed by atoms with Crippen molar-refractivity contribution in [2.45, 2.75) is 20.4 Å². The summed E-state index contributed by atoms with van der Waals surface area (Å²) >= 11 is 6.12. The van der Waals surface area contributed by atoms with Crippen LogP contribution in [0.15, 0.2) is 18.2 Å². The van der Waals surface area contributed by atoms with Gasteiger partial charge in [0.15, 0.2) is 0 Å². The molecule has 106 valence electrons. The molecule has 0 aliphatic rings. The molecule has 1 unspecified atom stereocenters. The van der Waals surface area contributed by atoms with Crippen LogP contribution in [0.4, 0.5) is 0 Å². The van der Waals surface area contributed by atoms with Crippen LogP contribution in [0.2, 0.25) is 5.02 Å². The first-order valence-corrected chi connectivity index (χ1v) is 6.66. The van der Waals surface area contributed by atoms with E-state index in [0.29, 0.717) is 24.7 Å². The van der Waals surface area contributed by atoms with Crippen LogP contribution in [0.5, 0.6) is 5.75 Å². The van der Waals surface area contributed by atoms with Gasteiger partial charge in [-0.2, -0.15) is 0 Å². The number of carbonyl (C=O) groups is 1. The van der Waals surface area contributed by atoms with Crippen LogP contribution in [0, 0.1) is 5.92 Å². The van der Waals surface area contributed by atoms with E-state index in [2.05, 4.69) is 5.32 Å². The maximum absolute atomic E-state index is 11.5. The lowest BCUT2D eigenvalue weighted by Gasteiger charge is -2.14. The van der Waals surface area contributed by atoms with Crippen molar-refractivity contribution in [1.82, 2.24) is 5.32 Å². The first kappa shape index (κ1) is 15.8. The van der Waals surface area contributed by atoms with Crippen molar-refractivity contribution in [3.8, 4) is 5.75 Å². The van der Waals surface area contributed by atoms with E-state index in [-0.39, 0.29) is 11.9 Å². The second kappa shape index (κ2) is 8.02. The van der Waals surface area contributed by atoms with Crippen molar-refractivity contribution in [2.24, 2.45) is 5.92 Å². The van der Waals surface area contributed by atoms with Crippen LogP contribution in [-0.4, -0.2) is 26.2 Å². The molecule has 1 aromatic rings. The van der Waals surface area contributed by atoms with Crippen LogP contribution < -0.4 is 10.1 Å². The van der Waals surface area contributed by atoms with Gasteiger partial charge in [-0.3, -0.25) is 4.79 Å². The van der Waals surface area contributed by atoms with Crippen molar-refractivity contribution in [1.29, 1.82) is 0 Å². The standard InChI is InChI=1S/C14H20ClNO3/c1-4-19-14(17)10(2)8-16-9-11-12(15)6-5-7-13(11)18-3/h5-7,10,16H,4,8-9H2,1-3H3. The van der Waals surface area contributed by atoms with Gasteiger partial charge in [-0.15, -0.1) is 0 Å². The topological polar surface area (TPSA) is 47.6 Å². The minimum absolute atomic E-state index is 0.187. The fourth-order valence-electron chi connectivity index (χ4n) is 1.68. The second-order valence-electron chi connectivity index (χ2n) is 4.20. The van der Waals surface area contributed by atoms with Crippen molar-refractivity contribution in [3.63, 3.8) is 0 Å². The van der Waals surface area contributed by atoms with Gasteiger partial charge in [0.2, 0.25) is 0 Å². The van der Waals surface area contributed by atoms with Crippen LogP contribution >= 0.6 is 11.6 Å². The van der Waals surface area contributed by atoms with Gasteiger partial charge < -0.3 is 14.8 Å². The molecule has 19 heavy (non-hydrogen) atoms. The Bertz CT molecular complexity index is 423. The Morgan fingerprint density at radius 2 is 2.21 bits per heavy atom. The summed E-state index contributed by atoms with van der Waals surface area (Å²) < 4.78 is 10.2. The average molecular weight is 286 g/mol. The summed E-state index contributed by atoms with van der Waals surface area (Å²) in [5.41, 5.74) is 0.891. The molecule has 0 radical (unpaired) electrons. The molecule has 0 heterocycles. The molecule has 1 atom stereocenters. The van der Waals surface area contributed by atoms with Crippen molar-refractivity contribution >= 4 is 17.6 Å². The zero-order valence-corrected chi connectivity index (χ0v) is 12.3. The number of carbonyl (C=O) groups excluding carboxylic acids is 1. The highest BCUT2D eigenvalue weighted by atomic mass is 35.5. The monoisotopic (exact) mass is 285 g/mol. The number of esters is 1. The molecule has 0 fully saturated rings. The number of nitrogens with one attached hydrogen (secondary N) is 1. The lowest BCUT2D eigenvalue weighted by molar-refractivity contribution is -0.147. The van der Waals surface area contributed by atoms with Gasteiger partial charge in [-0.1, -0.05) is 24.6 Å². The van der Waals surface area contributed by atoms with Gasteiger partial charge >= 0.3 is 5.97 Å². The first-order chi connectivity index (χ1) is 9.10. The molecule has 0 saturated heterocycles. The Balaban J connectivity index is 2.51. The van der Waals surface area contributed by atoms with E-state index in [0.717, 1.165) is 11.3 Å². The highest BCUT2D eigenvalue weighted by molar-refractivity contribution is 6.31. The predicted octanol–water partition coefficient (Wildman–Crippen LogP) is 2.64. The molecular weight excluding hydrogens is 266 g/mol. The molecule has 0 aliphatic heterocycles. The van der Waals surface area contributed by atoms with Crippen LogP contribution in [0.1, 0.15) is 19.4 Å². The highest BCUT2D eigenvalue weighted by Crippen LogP contribution is 2.25. The molecule has 0 spiro atoms. The molecule has 1 N–H and O–H groups in total. The van der Waals surface area contributed by atoms with E-state index in [1.165, 1.54) is 0 Å². The largest absolute Gasteiger partial charge is 0.496 e. The van der Waals surface area contributed by atoms with E-state index in [9.17, 15) is 4.79 Å². The molecule has 0 aliphatic carbocycles. The molecule has 5 heteroatoms. The third kappa shape index (κ3) is 4.73. The molecule has 1 aromatic carbocycles. The van der Waals surface area contributed by atoms with E-state index in [4.69, 9.17) is 21.1 Å². The smallest absolute Gasteiger partial charge is 0.309 e. The Morgan fingerprint density at radius 3 is 2.84 bits per heavy atom. The third-order valence-electron chi connectivity index (χ3n) is 2.74. The summed E-state index contributed by atoms with van der Waals surface area (Å²) in [6.07, 6.45) is 0. The van der Waals surface area contributed by atoms with Gasteiger partial charge in [0, 0.05) is 23.7 Å². The number of hydrogen-bond acceptors (Lipinski definition) is 4. The summed E-state index contributed by atoms with van der Waals surface area (Å²) in [4.78, 5) is 11.5. The Labute approximate surface area is 119 Å². The fraction of sp³-hybridized carbons (Fsp3) is 0.500. The molecule has 0 aromatic heterocycles. The molecule has 1 rings (SSSR count). The zero-order chi connectivity index (χ0) is 14.3. The summed E-state index contributed by atoms with van der Waals surface area (Å²) in [5.74, 6) is 0.360. The number of ether oxygens (including phenoxy) is 2. The Morgan fingerprint density at radius 1 is 1.47 bits per heavy atom. The molecule has 4 nitrogen and oxygen atoms in total. The predicted molar refractivity (Wildman–Crippen MR) is 75.5 cm³/mol. The minimum atomic E-state index is -0.193. The summed E-state index contributed by atoms with van der Waals surface area (Å²) in [6.45, 7) is 5.11. The second-order valence-corrected chi connectivity index (χ2v) is 4.61. The first-order valence-electron chi connectivity index (χ1n) is 6.28. The lowest BCUT2D eigenvalue weighted by Crippen LogP contribution is -2.27. The van der Waals surface area contributed by atoms with Gasteiger partial charge in [-0.05, 0) is 19.1 Å². The number of halogens is 1. The van der Waals surface area contributed by atoms with Crippen LogP contribution in [0.25, 0.3) is 0 Å². The molecule has 0 amide bonds. The quantitative estimate of drug-likeness (QED) is 0.783. The lowest BCUT2D eigenvalue weighted by atomic mass is 10.1.